The van der Waals surface area contributed by atoms with Crippen molar-refractivity contribution in [2.45, 2.75) is 19.3 Å². The Balaban J connectivity index is 2.21. The minimum absolute atomic E-state index is 0.0297. The molecule has 1 N–H and O–H groups in total. The highest BCUT2D eigenvalue weighted by Gasteiger charge is 2.23. The lowest BCUT2D eigenvalue weighted by Gasteiger charge is -2.28. The first-order valence-electron chi connectivity index (χ1n) is 6.57. The summed E-state index contributed by atoms with van der Waals surface area (Å²) in [6.45, 7) is 1.60. The van der Waals surface area contributed by atoms with E-state index in [0.717, 1.165) is 32.4 Å². The molecule has 20 heavy (non-hydrogen) atoms. The smallest absolute Gasteiger partial charge is 0.293 e. The van der Waals surface area contributed by atoms with Gasteiger partial charge in [0.2, 0.25) is 0 Å². The lowest BCUT2D eigenvalue weighted by molar-refractivity contribution is -0.384. The van der Waals surface area contributed by atoms with E-state index in [0.29, 0.717) is 11.2 Å². The Morgan fingerprint density at radius 3 is 2.70 bits per heavy atom. The van der Waals surface area contributed by atoms with Crippen molar-refractivity contribution in [3.8, 4) is 0 Å². The van der Waals surface area contributed by atoms with E-state index >= 15 is 0 Å². The lowest BCUT2D eigenvalue weighted by atomic mass is 10.1. The molecule has 1 saturated heterocycles. The van der Waals surface area contributed by atoms with Gasteiger partial charge in [0.05, 0.1) is 22.2 Å². The number of aromatic nitrogens is 2. The second-order valence-electron chi connectivity index (χ2n) is 4.89. The van der Waals surface area contributed by atoms with Crippen LogP contribution in [0.25, 0.3) is 10.9 Å². The quantitative estimate of drug-likeness (QED) is 0.666. The van der Waals surface area contributed by atoms with Gasteiger partial charge in [-0.15, -0.1) is 0 Å². The van der Waals surface area contributed by atoms with Gasteiger partial charge >= 0.3 is 0 Å². The molecule has 7 nitrogen and oxygen atoms in total. The van der Waals surface area contributed by atoms with Crippen LogP contribution in [0.3, 0.4) is 0 Å². The van der Waals surface area contributed by atoms with E-state index in [1.807, 2.05) is 4.90 Å². The molecular weight excluding hydrogens is 260 g/mol. The molecule has 0 amide bonds. The van der Waals surface area contributed by atoms with E-state index in [1.165, 1.54) is 12.4 Å². The summed E-state index contributed by atoms with van der Waals surface area (Å²) in [7, 11) is 0. The molecule has 0 bridgehead atoms. The van der Waals surface area contributed by atoms with Gasteiger partial charge in [-0.25, -0.2) is 4.98 Å². The molecule has 2 heterocycles. The van der Waals surface area contributed by atoms with Crippen LogP contribution < -0.4 is 10.5 Å². The van der Waals surface area contributed by atoms with Crippen molar-refractivity contribution in [1.82, 2.24) is 9.97 Å². The molecule has 2 aromatic rings. The number of hydrogen-bond donors (Lipinski definition) is 1. The molecule has 1 aromatic carbocycles. The van der Waals surface area contributed by atoms with Crippen LogP contribution in [0.4, 0.5) is 11.4 Å². The number of piperidine rings is 1. The minimum atomic E-state index is -0.435. The topological polar surface area (TPSA) is 92.1 Å². The standard InChI is InChI=1S/C13H14N4O3/c18-13-9-6-12(17(19)20)11(7-10(9)14-8-15-13)16-4-2-1-3-5-16/h6-8H,1-5H2,(H,14,15,18). The molecule has 0 aliphatic carbocycles. The summed E-state index contributed by atoms with van der Waals surface area (Å²) < 4.78 is 0. The summed E-state index contributed by atoms with van der Waals surface area (Å²) in [4.78, 5) is 31.1. The van der Waals surface area contributed by atoms with Crippen LogP contribution >= 0.6 is 0 Å². The Bertz CT molecular complexity index is 719. The molecular formula is C13H14N4O3. The molecule has 0 atom stereocenters. The van der Waals surface area contributed by atoms with E-state index < -0.39 is 4.92 Å². The molecule has 1 aromatic heterocycles. The molecule has 7 heteroatoms. The van der Waals surface area contributed by atoms with E-state index in [-0.39, 0.29) is 16.6 Å². The van der Waals surface area contributed by atoms with Crippen molar-refractivity contribution in [3.63, 3.8) is 0 Å². The van der Waals surface area contributed by atoms with Crippen LogP contribution in [-0.2, 0) is 0 Å². The zero-order chi connectivity index (χ0) is 14.1. The third kappa shape index (κ3) is 2.11. The highest BCUT2D eigenvalue weighted by atomic mass is 16.6. The molecule has 0 radical (unpaired) electrons. The largest absolute Gasteiger partial charge is 0.366 e. The Labute approximate surface area is 114 Å². The molecule has 1 aliphatic rings. The van der Waals surface area contributed by atoms with Gasteiger partial charge in [-0.05, 0) is 25.3 Å². The number of nitro benzene ring substituents is 1. The number of nitro groups is 1. The number of rotatable bonds is 2. The van der Waals surface area contributed by atoms with Gasteiger partial charge in [-0.1, -0.05) is 0 Å². The Kier molecular flexibility index (Phi) is 3.09. The van der Waals surface area contributed by atoms with Crippen molar-refractivity contribution >= 4 is 22.3 Å². The predicted octanol–water partition coefficient (Wildman–Crippen LogP) is 1.82. The van der Waals surface area contributed by atoms with Crippen LogP contribution in [0.2, 0.25) is 0 Å². The van der Waals surface area contributed by atoms with Crippen molar-refractivity contribution in [2.24, 2.45) is 0 Å². The van der Waals surface area contributed by atoms with E-state index in [4.69, 9.17) is 0 Å². The SMILES string of the molecule is O=c1[nH]cnc2cc(N3CCCCC3)c([N+](=O)[O-])cc12. The summed E-state index contributed by atoms with van der Waals surface area (Å²) in [5.41, 5.74) is 0.654. The van der Waals surface area contributed by atoms with Gasteiger partial charge in [-0.2, -0.15) is 0 Å². The number of hydrogen-bond acceptors (Lipinski definition) is 5. The molecule has 0 unspecified atom stereocenters. The number of nitrogens with one attached hydrogen (secondary N) is 1. The number of aromatic amines is 1. The van der Waals surface area contributed by atoms with E-state index in [2.05, 4.69) is 9.97 Å². The first-order valence-corrected chi connectivity index (χ1v) is 6.57. The molecule has 0 spiro atoms. The number of benzene rings is 1. The van der Waals surface area contributed by atoms with Crippen LogP contribution in [0.15, 0.2) is 23.3 Å². The average Bonchev–Trinajstić information content (AvgIpc) is 2.47. The Hall–Kier alpha value is -2.44. The minimum Gasteiger partial charge on any atom is -0.366 e. The highest BCUT2D eigenvalue weighted by molar-refractivity contribution is 5.87. The zero-order valence-electron chi connectivity index (χ0n) is 10.8. The molecule has 0 saturated carbocycles. The normalized spacial score (nSPS) is 15.5. The third-order valence-electron chi connectivity index (χ3n) is 3.63. The number of H-pyrrole nitrogens is 1. The van der Waals surface area contributed by atoms with Crippen LogP contribution in [-0.4, -0.2) is 28.0 Å². The second-order valence-corrected chi connectivity index (χ2v) is 4.89. The summed E-state index contributed by atoms with van der Waals surface area (Å²) >= 11 is 0. The van der Waals surface area contributed by atoms with E-state index in [9.17, 15) is 14.9 Å². The first kappa shape index (κ1) is 12.6. The monoisotopic (exact) mass is 274 g/mol. The number of anilines is 1. The maximum absolute atomic E-state index is 11.7. The summed E-state index contributed by atoms with van der Waals surface area (Å²) in [6.07, 6.45) is 4.52. The van der Waals surface area contributed by atoms with Crippen molar-refractivity contribution in [3.05, 3.63) is 38.9 Å². The van der Waals surface area contributed by atoms with Gasteiger partial charge in [0.15, 0.2) is 0 Å². The average molecular weight is 274 g/mol. The maximum Gasteiger partial charge on any atom is 0.293 e. The third-order valence-corrected chi connectivity index (χ3v) is 3.63. The second kappa shape index (κ2) is 4.92. The number of fused-ring (bicyclic) bond motifs is 1. The van der Waals surface area contributed by atoms with Gasteiger partial charge in [0.1, 0.15) is 5.69 Å². The van der Waals surface area contributed by atoms with Crippen molar-refractivity contribution < 1.29 is 4.92 Å². The molecule has 1 aliphatic heterocycles. The maximum atomic E-state index is 11.7. The van der Waals surface area contributed by atoms with Gasteiger partial charge in [0, 0.05) is 19.2 Å². The van der Waals surface area contributed by atoms with Crippen molar-refractivity contribution in [2.75, 3.05) is 18.0 Å². The molecule has 3 rings (SSSR count). The lowest BCUT2D eigenvalue weighted by Crippen LogP contribution is -2.30. The Morgan fingerprint density at radius 1 is 1.25 bits per heavy atom. The number of nitrogens with zero attached hydrogens (tertiary/aromatic N) is 3. The fourth-order valence-corrected chi connectivity index (χ4v) is 2.63. The predicted molar refractivity (Wildman–Crippen MR) is 75.1 cm³/mol. The molecule has 104 valence electrons. The summed E-state index contributed by atoms with van der Waals surface area (Å²) in [6, 6.07) is 2.97. The van der Waals surface area contributed by atoms with Crippen LogP contribution in [0.5, 0.6) is 0 Å². The van der Waals surface area contributed by atoms with Gasteiger partial charge in [0.25, 0.3) is 11.2 Å². The fourth-order valence-electron chi connectivity index (χ4n) is 2.63. The van der Waals surface area contributed by atoms with Crippen LogP contribution in [0, 0.1) is 10.1 Å². The Morgan fingerprint density at radius 2 is 2.00 bits per heavy atom. The van der Waals surface area contributed by atoms with Crippen LogP contribution in [0.1, 0.15) is 19.3 Å². The summed E-state index contributed by atoms with van der Waals surface area (Å²) in [5.74, 6) is 0. The van der Waals surface area contributed by atoms with Crippen molar-refractivity contribution in [1.29, 1.82) is 0 Å². The van der Waals surface area contributed by atoms with Gasteiger partial charge in [-0.3, -0.25) is 14.9 Å². The zero-order valence-corrected chi connectivity index (χ0v) is 10.8. The first-order chi connectivity index (χ1) is 9.66. The van der Waals surface area contributed by atoms with Gasteiger partial charge < -0.3 is 9.88 Å². The molecule has 1 fully saturated rings. The van der Waals surface area contributed by atoms with E-state index in [1.54, 1.807) is 6.07 Å². The fraction of sp³-hybridized carbons (Fsp3) is 0.385. The highest BCUT2D eigenvalue weighted by Crippen LogP contribution is 2.32. The summed E-state index contributed by atoms with van der Waals surface area (Å²) in [5, 5.41) is 11.5.